The standard InChI is InChI=1S/C11H13BrFNO/c12-3-5-15-10-7-9(13)6-8-2-1-4-14-11(8)10/h6-7,14H,1-5H2. The van der Waals surface area contributed by atoms with Crippen LogP contribution >= 0.6 is 15.9 Å². The van der Waals surface area contributed by atoms with E-state index >= 15 is 0 Å². The second-order valence-electron chi connectivity index (χ2n) is 3.51. The van der Waals surface area contributed by atoms with Crippen LogP contribution in [0.4, 0.5) is 10.1 Å². The van der Waals surface area contributed by atoms with Crippen molar-refractivity contribution in [2.24, 2.45) is 0 Å². The summed E-state index contributed by atoms with van der Waals surface area (Å²) in [4.78, 5) is 0. The molecule has 2 nitrogen and oxygen atoms in total. The van der Waals surface area contributed by atoms with Gasteiger partial charge >= 0.3 is 0 Å². The highest BCUT2D eigenvalue weighted by Gasteiger charge is 2.15. The molecule has 1 aliphatic heterocycles. The summed E-state index contributed by atoms with van der Waals surface area (Å²) in [5.74, 6) is 0.408. The van der Waals surface area contributed by atoms with Gasteiger partial charge in [0.05, 0.1) is 12.3 Å². The molecule has 0 saturated carbocycles. The van der Waals surface area contributed by atoms with Crippen LogP contribution in [0.5, 0.6) is 5.75 Å². The first-order valence-electron chi connectivity index (χ1n) is 5.06. The Morgan fingerprint density at radius 1 is 1.47 bits per heavy atom. The molecule has 0 unspecified atom stereocenters. The molecule has 1 heterocycles. The van der Waals surface area contributed by atoms with E-state index in [0.717, 1.165) is 36.0 Å². The van der Waals surface area contributed by atoms with Crippen LogP contribution in [0.15, 0.2) is 12.1 Å². The molecule has 0 amide bonds. The van der Waals surface area contributed by atoms with Gasteiger partial charge in [0.2, 0.25) is 0 Å². The molecule has 0 saturated heterocycles. The summed E-state index contributed by atoms with van der Waals surface area (Å²) in [6.07, 6.45) is 1.97. The zero-order valence-electron chi connectivity index (χ0n) is 8.35. The number of hydrogen-bond donors (Lipinski definition) is 1. The summed E-state index contributed by atoms with van der Waals surface area (Å²) in [6.45, 7) is 1.49. The quantitative estimate of drug-likeness (QED) is 0.856. The lowest BCUT2D eigenvalue weighted by Crippen LogP contribution is -2.14. The first kappa shape index (κ1) is 10.7. The number of ether oxygens (including phenoxy) is 1. The Labute approximate surface area is 96.9 Å². The molecule has 1 aromatic carbocycles. The molecule has 0 radical (unpaired) electrons. The summed E-state index contributed by atoms with van der Waals surface area (Å²) in [5.41, 5.74) is 1.98. The average Bonchev–Trinajstić information content (AvgIpc) is 2.25. The van der Waals surface area contributed by atoms with Crippen LogP contribution in [0.25, 0.3) is 0 Å². The van der Waals surface area contributed by atoms with Gasteiger partial charge in [-0.1, -0.05) is 15.9 Å². The second-order valence-corrected chi connectivity index (χ2v) is 4.30. The molecule has 0 bridgehead atoms. The Morgan fingerprint density at radius 3 is 3.13 bits per heavy atom. The first-order chi connectivity index (χ1) is 7.31. The molecule has 0 fully saturated rings. The van der Waals surface area contributed by atoms with Crippen molar-refractivity contribution < 1.29 is 9.13 Å². The van der Waals surface area contributed by atoms with Crippen LogP contribution in [-0.2, 0) is 6.42 Å². The van der Waals surface area contributed by atoms with E-state index in [4.69, 9.17) is 4.74 Å². The molecule has 0 aromatic heterocycles. The molecule has 4 heteroatoms. The van der Waals surface area contributed by atoms with Crippen molar-refractivity contribution in [3.8, 4) is 5.75 Å². The number of benzene rings is 1. The van der Waals surface area contributed by atoms with E-state index in [-0.39, 0.29) is 5.82 Å². The Balaban J connectivity index is 2.30. The predicted molar refractivity (Wildman–Crippen MR) is 62.5 cm³/mol. The van der Waals surface area contributed by atoms with Crippen molar-refractivity contribution in [3.63, 3.8) is 0 Å². The molecule has 1 aliphatic rings. The summed E-state index contributed by atoms with van der Waals surface area (Å²) >= 11 is 3.28. The number of fused-ring (bicyclic) bond motifs is 1. The van der Waals surface area contributed by atoms with Crippen LogP contribution in [0.3, 0.4) is 0 Å². The Kier molecular flexibility index (Phi) is 3.46. The Morgan fingerprint density at radius 2 is 2.33 bits per heavy atom. The molecule has 2 rings (SSSR count). The van der Waals surface area contributed by atoms with E-state index < -0.39 is 0 Å². The van der Waals surface area contributed by atoms with E-state index in [1.807, 2.05) is 0 Å². The van der Waals surface area contributed by atoms with Gasteiger partial charge < -0.3 is 10.1 Å². The third-order valence-electron chi connectivity index (χ3n) is 2.41. The van der Waals surface area contributed by atoms with Gasteiger partial charge in [-0.25, -0.2) is 4.39 Å². The average molecular weight is 274 g/mol. The van der Waals surface area contributed by atoms with Crippen molar-refractivity contribution in [3.05, 3.63) is 23.5 Å². The fourth-order valence-electron chi connectivity index (χ4n) is 1.79. The zero-order chi connectivity index (χ0) is 10.7. The maximum Gasteiger partial charge on any atom is 0.145 e. The summed E-state index contributed by atoms with van der Waals surface area (Å²) in [5, 5.41) is 4.01. The fourth-order valence-corrected chi connectivity index (χ4v) is 1.95. The molecule has 0 spiro atoms. The molecule has 82 valence electrons. The van der Waals surface area contributed by atoms with Crippen molar-refractivity contribution in [1.29, 1.82) is 0 Å². The number of alkyl halides is 1. The topological polar surface area (TPSA) is 21.3 Å². The smallest absolute Gasteiger partial charge is 0.145 e. The van der Waals surface area contributed by atoms with Gasteiger partial charge in [-0.05, 0) is 24.5 Å². The van der Waals surface area contributed by atoms with Gasteiger partial charge in [0.25, 0.3) is 0 Å². The highest BCUT2D eigenvalue weighted by atomic mass is 79.9. The summed E-state index contributed by atoms with van der Waals surface area (Å²) in [6, 6.07) is 3.03. The third-order valence-corrected chi connectivity index (χ3v) is 2.73. The predicted octanol–water partition coefficient (Wildman–Crippen LogP) is 2.96. The van der Waals surface area contributed by atoms with E-state index in [1.54, 1.807) is 6.07 Å². The van der Waals surface area contributed by atoms with Gasteiger partial charge in [0.1, 0.15) is 11.6 Å². The number of aryl methyl sites for hydroxylation is 1. The van der Waals surface area contributed by atoms with Gasteiger partial charge in [-0.15, -0.1) is 0 Å². The summed E-state index contributed by atoms with van der Waals surface area (Å²) in [7, 11) is 0. The second kappa shape index (κ2) is 4.84. The Hall–Kier alpha value is -0.770. The lowest BCUT2D eigenvalue weighted by Gasteiger charge is -2.21. The van der Waals surface area contributed by atoms with E-state index in [0.29, 0.717) is 12.4 Å². The zero-order valence-corrected chi connectivity index (χ0v) is 9.94. The van der Waals surface area contributed by atoms with Crippen LogP contribution in [0, 0.1) is 5.82 Å². The number of nitrogens with one attached hydrogen (secondary N) is 1. The van der Waals surface area contributed by atoms with Gasteiger partial charge in [0.15, 0.2) is 0 Å². The lowest BCUT2D eigenvalue weighted by atomic mass is 10.0. The number of hydrogen-bond acceptors (Lipinski definition) is 2. The number of halogens is 2. The minimum absolute atomic E-state index is 0.220. The monoisotopic (exact) mass is 273 g/mol. The minimum Gasteiger partial charge on any atom is -0.490 e. The first-order valence-corrected chi connectivity index (χ1v) is 6.18. The normalized spacial score (nSPS) is 14.3. The van der Waals surface area contributed by atoms with Crippen molar-refractivity contribution in [1.82, 2.24) is 0 Å². The highest BCUT2D eigenvalue weighted by molar-refractivity contribution is 9.09. The largest absolute Gasteiger partial charge is 0.490 e. The third kappa shape index (κ3) is 2.43. The SMILES string of the molecule is Fc1cc2c(c(OCCBr)c1)NCCC2. The van der Waals surface area contributed by atoms with Crippen LogP contribution in [0.2, 0.25) is 0 Å². The molecule has 1 aromatic rings. The molecule has 1 N–H and O–H groups in total. The van der Waals surface area contributed by atoms with E-state index in [1.165, 1.54) is 6.07 Å². The van der Waals surface area contributed by atoms with Crippen molar-refractivity contribution >= 4 is 21.6 Å². The van der Waals surface area contributed by atoms with Gasteiger partial charge in [0, 0.05) is 17.9 Å². The van der Waals surface area contributed by atoms with E-state index in [2.05, 4.69) is 21.2 Å². The molecule has 0 aliphatic carbocycles. The van der Waals surface area contributed by atoms with E-state index in [9.17, 15) is 4.39 Å². The highest BCUT2D eigenvalue weighted by Crippen LogP contribution is 2.33. The molecular weight excluding hydrogens is 261 g/mol. The maximum absolute atomic E-state index is 13.3. The molecular formula is C11H13BrFNO. The summed E-state index contributed by atoms with van der Waals surface area (Å²) < 4.78 is 18.7. The Bertz CT molecular complexity index is 357. The fraction of sp³-hybridized carbons (Fsp3) is 0.455. The maximum atomic E-state index is 13.3. The number of rotatable bonds is 3. The van der Waals surface area contributed by atoms with Crippen molar-refractivity contribution in [2.75, 3.05) is 23.8 Å². The van der Waals surface area contributed by atoms with Crippen molar-refractivity contribution in [2.45, 2.75) is 12.8 Å². The molecule has 0 atom stereocenters. The van der Waals surface area contributed by atoms with Crippen LogP contribution < -0.4 is 10.1 Å². The van der Waals surface area contributed by atoms with Gasteiger partial charge in [-0.3, -0.25) is 0 Å². The van der Waals surface area contributed by atoms with Gasteiger partial charge in [-0.2, -0.15) is 0 Å². The number of anilines is 1. The minimum atomic E-state index is -0.220. The van der Waals surface area contributed by atoms with Crippen LogP contribution in [0.1, 0.15) is 12.0 Å². The lowest BCUT2D eigenvalue weighted by molar-refractivity contribution is 0.343. The molecule has 15 heavy (non-hydrogen) atoms. The van der Waals surface area contributed by atoms with Crippen LogP contribution in [-0.4, -0.2) is 18.5 Å².